The van der Waals surface area contributed by atoms with Crippen molar-refractivity contribution in [2.24, 2.45) is 0 Å². The highest BCUT2D eigenvalue weighted by molar-refractivity contribution is 5.72. The van der Waals surface area contributed by atoms with Crippen LogP contribution in [0.3, 0.4) is 0 Å². The number of nitrogens with zero attached hydrogens (tertiary/aromatic N) is 1. The Labute approximate surface area is 274 Å². The third kappa shape index (κ3) is 27.6. The van der Waals surface area contributed by atoms with Gasteiger partial charge in [-0.1, -0.05) is 102 Å². The molecule has 0 bridgehead atoms. The summed E-state index contributed by atoms with van der Waals surface area (Å²) in [6.45, 7) is 4.54. The molecule has 0 fully saturated rings. The monoisotopic (exact) mass is 636 g/mol. The van der Waals surface area contributed by atoms with E-state index in [9.17, 15) is 19.5 Å². The molecule has 1 N–H and O–H groups in total. The maximum atomic E-state index is 12.5. The number of hydrogen-bond donors (Lipinski definition) is 1. The fourth-order valence-electron chi connectivity index (χ4n) is 4.75. The summed E-state index contributed by atoms with van der Waals surface area (Å²) in [5.74, 6) is -1.63. The summed E-state index contributed by atoms with van der Waals surface area (Å²) in [6.07, 6.45) is 29.4. The smallest absolute Gasteiger partial charge is 0.362 e. The van der Waals surface area contributed by atoms with Crippen LogP contribution in [0.2, 0.25) is 0 Å². The van der Waals surface area contributed by atoms with Gasteiger partial charge in [0.2, 0.25) is 0 Å². The maximum absolute atomic E-state index is 12.5. The second-order valence-corrected chi connectivity index (χ2v) is 12.8. The summed E-state index contributed by atoms with van der Waals surface area (Å²) >= 11 is 0. The van der Waals surface area contributed by atoms with E-state index < -0.39 is 18.1 Å². The van der Waals surface area contributed by atoms with Crippen molar-refractivity contribution in [1.82, 2.24) is 0 Å². The molecule has 0 heterocycles. The lowest BCUT2D eigenvalue weighted by atomic mass is 10.1. The zero-order chi connectivity index (χ0) is 33.6. The maximum Gasteiger partial charge on any atom is 0.362 e. The zero-order valence-electron chi connectivity index (χ0n) is 29.3. The van der Waals surface area contributed by atoms with Gasteiger partial charge in [-0.2, -0.15) is 0 Å². The van der Waals surface area contributed by atoms with E-state index in [0.29, 0.717) is 19.3 Å². The van der Waals surface area contributed by atoms with E-state index >= 15 is 0 Å². The van der Waals surface area contributed by atoms with E-state index in [2.05, 4.69) is 38.2 Å². The first-order valence-electron chi connectivity index (χ1n) is 17.5. The number of rotatable bonds is 30. The highest BCUT2D eigenvalue weighted by Crippen LogP contribution is 2.11. The van der Waals surface area contributed by atoms with Gasteiger partial charge in [0, 0.05) is 19.3 Å². The van der Waals surface area contributed by atoms with Crippen molar-refractivity contribution in [2.75, 3.05) is 41.0 Å². The third-order valence-corrected chi connectivity index (χ3v) is 7.54. The average molecular weight is 637 g/mol. The minimum Gasteiger partial charge on any atom is -0.477 e. The second-order valence-electron chi connectivity index (χ2n) is 12.8. The largest absolute Gasteiger partial charge is 0.477 e. The molecule has 8 heteroatoms. The summed E-state index contributed by atoms with van der Waals surface area (Å²) in [6, 6.07) is -0.624. The lowest BCUT2D eigenvalue weighted by molar-refractivity contribution is -0.887. The van der Waals surface area contributed by atoms with Crippen LogP contribution in [-0.4, -0.2) is 80.6 Å². The Kier molecular flexibility index (Phi) is 27.4. The van der Waals surface area contributed by atoms with Gasteiger partial charge in [-0.05, 0) is 44.9 Å². The van der Waals surface area contributed by atoms with Crippen LogP contribution in [-0.2, 0) is 28.6 Å². The van der Waals surface area contributed by atoms with Gasteiger partial charge in [0.15, 0.2) is 12.1 Å². The molecular formula is C37H66NO7+. The second kappa shape index (κ2) is 29.0. The lowest BCUT2D eigenvalue weighted by Crippen LogP contribution is -2.50. The number of esters is 2. The van der Waals surface area contributed by atoms with Gasteiger partial charge in [-0.15, -0.1) is 0 Å². The minimum atomic E-state index is -0.889. The number of quaternary nitrogens is 1. The molecule has 0 aliphatic heterocycles. The predicted octanol–water partition coefficient (Wildman–Crippen LogP) is 8.35. The van der Waals surface area contributed by atoms with E-state index in [1.165, 1.54) is 57.8 Å². The van der Waals surface area contributed by atoms with Crippen molar-refractivity contribution < 1.29 is 38.2 Å². The molecule has 45 heavy (non-hydrogen) atoms. The highest BCUT2D eigenvalue weighted by Gasteiger charge is 2.31. The van der Waals surface area contributed by atoms with Crippen LogP contribution in [0.5, 0.6) is 0 Å². The van der Waals surface area contributed by atoms with Crippen LogP contribution >= 0.6 is 0 Å². The molecular weight excluding hydrogens is 570 g/mol. The van der Waals surface area contributed by atoms with Gasteiger partial charge in [0.1, 0.15) is 6.61 Å². The summed E-state index contributed by atoms with van der Waals surface area (Å²) in [4.78, 5) is 36.5. The Morgan fingerprint density at radius 3 is 1.78 bits per heavy atom. The fourth-order valence-corrected chi connectivity index (χ4v) is 4.75. The number of unbranched alkanes of at least 4 members (excludes halogenated alkanes) is 10. The van der Waals surface area contributed by atoms with Crippen LogP contribution in [0.4, 0.5) is 0 Å². The Hall–Kier alpha value is -2.45. The minimum absolute atomic E-state index is 0.0272. The number of ether oxygens (including phenoxy) is 3. The summed E-state index contributed by atoms with van der Waals surface area (Å²) in [5.41, 5.74) is 0. The van der Waals surface area contributed by atoms with Crippen molar-refractivity contribution in [2.45, 2.75) is 142 Å². The van der Waals surface area contributed by atoms with Crippen molar-refractivity contribution in [3.8, 4) is 0 Å². The van der Waals surface area contributed by atoms with E-state index in [1.54, 1.807) is 0 Å². The highest BCUT2D eigenvalue weighted by atomic mass is 16.6. The third-order valence-electron chi connectivity index (χ3n) is 7.54. The molecule has 8 nitrogen and oxygen atoms in total. The normalized spacial score (nSPS) is 13.5. The number of aliphatic carboxylic acids is 1. The van der Waals surface area contributed by atoms with Crippen LogP contribution in [0.15, 0.2) is 36.5 Å². The van der Waals surface area contributed by atoms with E-state index in [-0.39, 0.29) is 49.1 Å². The molecule has 0 aliphatic carbocycles. The number of carboxylic acid groups (broad SMARTS) is 1. The van der Waals surface area contributed by atoms with Gasteiger partial charge in [0.05, 0.1) is 34.4 Å². The molecule has 260 valence electrons. The van der Waals surface area contributed by atoms with E-state index in [4.69, 9.17) is 14.2 Å². The van der Waals surface area contributed by atoms with Crippen LogP contribution in [0.25, 0.3) is 0 Å². The first-order valence-corrected chi connectivity index (χ1v) is 17.5. The molecule has 0 radical (unpaired) electrons. The van der Waals surface area contributed by atoms with Crippen molar-refractivity contribution >= 4 is 17.9 Å². The molecule has 0 saturated heterocycles. The first-order chi connectivity index (χ1) is 21.6. The molecule has 0 aromatic rings. The van der Waals surface area contributed by atoms with Gasteiger partial charge < -0.3 is 23.8 Å². The first kappa shape index (κ1) is 42.6. The van der Waals surface area contributed by atoms with E-state index in [1.807, 2.05) is 33.3 Å². The number of carboxylic acids is 1. The van der Waals surface area contributed by atoms with E-state index in [0.717, 1.165) is 25.7 Å². The van der Waals surface area contributed by atoms with Gasteiger partial charge in [-0.25, -0.2) is 4.79 Å². The van der Waals surface area contributed by atoms with Crippen LogP contribution in [0.1, 0.15) is 129 Å². The molecule has 0 aliphatic rings. The molecule has 0 rings (SSSR count). The Balaban J connectivity index is 4.60. The lowest BCUT2D eigenvalue weighted by Gasteiger charge is -2.31. The quantitative estimate of drug-likeness (QED) is 0.0366. The van der Waals surface area contributed by atoms with Gasteiger partial charge in [-0.3, -0.25) is 9.59 Å². The molecule has 0 saturated carbocycles. The molecule has 0 aromatic heterocycles. The number of carbonyl (C=O) groups is 3. The zero-order valence-corrected chi connectivity index (χ0v) is 29.3. The molecule has 0 spiro atoms. The van der Waals surface area contributed by atoms with Crippen LogP contribution < -0.4 is 0 Å². The number of carbonyl (C=O) groups excluding carboxylic acids is 2. The molecule has 2 unspecified atom stereocenters. The standard InChI is InChI=1S/C37H65NO7/c1-6-8-10-12-14-16-17-18-19-20-22-24-26-28-36(40)45-33(31-43-30-29-34(37(41)42)38(3,4)5)32-44-35(39)27-25-23-21-15-13-11-9-7-2/h18-19,21-24,33-34H,6-17,20,25-32H2,1-5H3/p+1/b19-18+,23-21+,24-22+. The fraction of sp³-hybridized carbons (Fsp3) is 0.757. The Bertz CT molecular complexity index is 844. The van der Waals surface area contributed by atoms with Crippen LogP contribution in [0, 0.1) is 0 Å². The number of likely N-dealkylation sites (N-methyl/N-ethyl adjacent to an activating group) is 1. The SMILES string of the molecule is CCCCCC/C=C/CCC(=O)OCC(COCCC(C(=O)O)[N+](C)(C)C)OC(=O)CC/C=C/C/C=C/CCCCCCCC. The molecule has 0 aromatic carbocycles. The average Bonchev–Trinajstić information content (AvgIpc) is 2.98. The summed E-state index contributed by atoms with van der Waals surface area (Å²) in [5, 5.41) is 9.54. The number of hydrogen-bond acceptors (Lipinski definition) is 6. The Morgan fingerprint density at radius 2 is 1.18 bits per heavy atom. The summed E-state index contributed by atoms with van der Waals surface area (Å²) in [7, 11) is 5.48. The van der Waals surface area contributed by atoms with Crippen molar-refractivity contribution in [3.05, 3.63) is 36.5 Å². The van der Waals surface area contributed by atoms with Crippen molar-refractivity contribution in [1.29, 1.82) is 0 Å². The number of allylic oxidation sites excluding steroid dienone is 6. The molecule has 2 atom stereocenters. The topological polar surface area (TPSA) is 99.1 Å². The van der Waals surface area contributed by atoms with Crippen molar-refractivity contribution in [3.63, 3.8) is 0 Å². The summed E-state index contributed by atoms with van der Waals surface area (Å²) < 4.78 is 17.0. The Morgan fingerprint density at radius 1 is 0.667 bits per heavy atom. The predicted molar refractivity (Wildman–Crippen MR) is 183 cm³/mol. The molecule has 0 amide bonds. The van der Waals surface area contributed by atoms with Gasteiger partial charge >= 0.3 is 17.9 Å². The van der Waals surface area contributed by atoms with Gasteiger partial charge in [0.25, 0.3) is 0 Å².